The van der Waals surface area contributed by atoms with Gasteiger partial charge in [-0.15, -0.1) is 0 Å². The number of ether oxygens (including phenoxy) is 2. The van der Waals surface area contributed by atoms with Crippen molar-refractivity contribution in [1.29, 1.82) is 0 Å². The van der Waals surface area contributed by atoms with E-state index in [9.17, 15) is 0 Å². The quantitative estimate of drug-likeness (QED) is 0.265. The fourth-order valence-corrected chi connectivity index (χ4v) is 8.06. The molecule has 2 aliphatic heterocycles. The summed E-state index contributed by atoms with van der Waals surface area (Å²) in [7, 11) is -3.26. The third kappa shape index (κ3) is 2.68. The van der Waals surface area contributed by atoms with Gasteiger partial charge in [-0.25, -0.2) is 0 Å². The van der Waals surface area contributed by atoms with Gasteiger partial charge in [0.1, 0.15) is 28.3 Å². The van der Waals surface area contributed by atoms with Crippen LogP contribution in [0.4, 0.5) is 0 Å². The summed E-state index contributed by atoms with van der Waals surface area (Å²) in [5, 5.41) is 2.07. The second-order valence-electron chi connectivity index (χ2n) is 8.48. The fraction of sp³-hybridized carbons (Fsp3) is 0. The van der Waals surface area contributed by atoms with Gasteiger partial charge in [0, 0.05) is 5.56 Å². The van der Waals surface area contributed by atoms with E-state index < -0.39 is 7.14 Å². The summed E-state index contributed by atoms with van der Waals surface area (Å²) in [6, 6.07) is 37.8. The molecule has 0 aromatic heterocycles. The van der Waals surface area contributed by atoms with E-state index in [1.165, 1.54) is 0 Å². The average Bonchev–Trinajstić information content (AvgIpc) is 2.89. The highest BCUT2D eigenvalue weighted by Crippen LogP contribution is 2.59. The molecule has 2 aliphatic rings. The fourth-order valence-electron chi connectivity index (χ4n) is 4.96. The summed E-state index contributed by atoms with van der Waals surface area (Å²) in [5.41, 5.74) is 4.03. The van der Waals surface area contributed by atoms with Gasteiger partial charge in [0.25, 0.3) is 0 Å². The molecule has 0 saturated heterocycles. The lowest BCUT2D eigenvalue weighted by Crippen LogP contribution is -2.35. The summed E-state index contributed by atoms with van der Waals surface area (Å²) >= 11 is 0. The van der Waals surface area contributed by atoms with E-state index in [0.29, 0.717) is 38.9 Å². The van der Waals surface area contributed by atoms with Crippen molar-refractivity contribution in [3.05, 3.63) is 115 Å². The lowest BCUT2D eigenvalue weighted by atomic mass is 10.0. The van der Waals surface area contributed by atoms with Crippen LogP contribution in [0.25, 0.3) is 22.3 Å². The van der Waals surface area contributed by atoms with Crippen molar-refractivity contribution in [3.63, 3.8) is 0 Å². The van der Waals surface area contributed by atoms with Crippen LogP contribution >= 0.6 is 7.14 Å². The first-order valence-corrected chi connectivity index (χ1v) is 12.9. The molecule has 0 fully saturated rings. The Bertz CT molecular complexity index is 1620. The predicted octanol–water partition coefficient (Wildman–Crippen LogP) is 6.87. The van der Waals surface area contributed by atoms with E-state index in [2.05, 4.69) is 12.1 Å². The van der Waals surface area contributed by atoms with Gasteiger partial charge in [-0.1, -0.05) is 84.9 Å². The maximum absolute atomic E-state index is 15.3. The standard InChI is InChI=1S/C30H19O3P/c31-34-27-16-7-13-23(21-11-5-2-6-12-21)29(27)33-26-15-8-14-25(30(26)34)32-24-18-17-22(19-28(24)34)20-9-3-1-4-10-20/h1-19H. The zero-order valence-corrected chi connectivity index (χ0v) is 19.0. The van der Waals surface area contributed by atoms with Gasteiger partial charge in [-0.2, -0.15) is 0 Å². The minimum atomic E-state index is -3.26. The highest BCUT2D eigenvalue weighted by atomic mass is 31.2. The summed E-state index contributed by atoms with van der Waals surface area (Å²) in [6.07, 6.45) is 0. The number of para-hydroxylation sites is 1. The van der Waals surface area contributed by atoms with Gasteiger partial charge in [0.05, 0.1) is 10.6 Å². The topological polar surface area (TPSA) is 35.5 Å². The summed E-state index contributed by atoms with van der Waals surface area (Å²) in [6.45, 7) is 0. The molecular weight excluding hydrogens is 439 g/mol. The zero-order chi connectivity index (χ0) is 22.7. The molecule has 1 unspecified atom stereocenters. The van der Waals surface area contributed by atoms with E-state index in [4.69, 9.17) is 9.47 Å². The maximum atomic E-state index is 15.3. The molecule has 2 heterocycles. The lowest BCUT2D eigenvalue weighted by Gasteiger charge is -2.35. The largest absolute Gasteiger partial charge is 0.456 e. The van der Waals surface area contributed by atoms with Gasteiger partial charge in [0.2, 0.25) is 0 Å². The van der Waals surface area contributed by atoms with E-state index >= 15 is 4.57 Å². The number of rotatable bonds is 2. The van der Waals surface area contributed by atoms with Crippen molar-refractivity contribution >= 4 is 23.1 Å². The van der Waals surface area contributed by atoms with Gasteiger partial charge in [-0.3, -0.25) is 0 Å². The normalized spacial score (nSPS) is 16.9. The number of fused-ring (bicyclic) bond motifs is 4. The Labute approximate surface area is 197 Å². The second kappa shape index (κ2) is 7.21. The minimum Gasteiger partial charge on any atom is -0.456 e. The van der Waals surface area contributed by atoms with Gasteiger partial charge in [-0.05, 0) is 47.0 Å². The van der Waals surface area contributed by atoms with E-state index in [1.54, 1.807) is 0 Å². The number of hydrogen-bond donors (Lipinski definition) is 0. The maximum Gasteiger partial charge on any atom is 0.185 e. The Morgan fingerprint density at radius 2 is 1.18 bits per heavy atom. The molecule has 162 valence electrons. The summed E-state index contributed by atoms with van der Waals surface area (Å²) in [5.74, 6) is 2.47. The Balaban J connectivity index is 1.54. The first kappa shape index (κ1) is 19.4. The van der Waals surface area contributed by atoms with Crippen molar-refractivity contribution in [2.24, 2.45) is 0 Å². The molecule has 0 amide bonds. The molecule has 4 heteroatoms. The van der Waals surface area contributed by atoms with Crippen LogP contribution in [0.5, 0.6) is 23.0 Å². The van der Waals surface area contributed by atoms with Gasteiger partial charge < -0.3 is 14.0 Å². The van der Waals surface area contributed by atoms with Crippen molar-refractivity contribution in [2.45, 2.75) is 0 Å². The molecule has 0 radical (unpaired) electrons. The molecule has 0 saturated carbocycles. The molecule has 5 aromatic carbocycles. The highest BCUT2D eigenvalue weighted by molar-refractivity contribution is 7.86. The molecule has 0 bridgehead atoms. The molecule has 5 aromatic rings. The van der Waals surface area contributed by atoms with Gasteiger partial charge >= 0.3 is 0 Å². The molecule has 0 aliphatic carbocycles. The van der Waals surface area contributed by atoms with Crippen LogP contribution in [0, 0.1) is 0 Å². The molecule has 3 nitrogen and oxygen atoms in total. The smallest absolute Gasteiger partial charge is 0.185 e. The average molecular weight is 458 g/mol. The number of benzene rings is 5. The van der Waals surface area contributed by atoms with Crippen molar-refractivity contribution in [1.82, 2.24) is 0 Å². The van der Waals surface area contributed by atoms with E-state index in [0.717, 1.165) is 22.3 Å². The first-order valence-electron chi connectivity index (χ1n) is 11.2. The molecular formula is C30H19O3P. The van der Waals surface area contributed by atoms with Crippen molar-refractivity contribution < 1.29 is 14.0 Å². The molecule has 0 spiro atoms. The van der Waals surface area contributed by atoms with Crippen LogP contribution < -0.4 is 25.4 Å². The second-order valence-corrected chi connectivity index (χ2v) is 11.1. The van der Waals surface area contributed by atoms with Crippen LogP contribution in [-0.2, 0) is 4.57 Å². The predicted molar refractivity (Wildman–Crippen MR) is 137 cm³/mol. The van der Waals surface area contributed by atoms with Crippen LogP contribution in [0.2, 0.25) is 0 Å². The Morgan fingerprint density at radius 1 is 0.500 bits per heavy atom. The minimum absolute atomic E-state index is 0.590. The molecule has 1 atom stereocenters. The Kier molecular flexibility index (Phi) is 4.12. The first-order chi connectivity index (χ1) is 16.7. The van der Waals surface area contributed by atoms with E-state index in [1.807, 2.05) is 103 Å². The highest BCUT2D eigenvalue weighted by Gasteiger charge is 2.47. The zero-order valence-electron chi connectivity index (χ0n) is 18.1. The number of hydrogen-bond acceptors (Lipinski definition) is 3. The summed E-state index contributed by atoms with van der Waals surface area (Å²) in [4.78, 5) is 0. The third-order valence-corrected chi connectivity index (χ3v) is 9.66. The van der Waals surface area contributed by atoms with Crippen LogP contribution in [-0.4, -0.2) is 0 Å². The van der Waals surface area contributed by atoms with Crippen LogP contribution in [0.15, 0.2) is 115 Å². The summed E-state index contributed by atoms with van der Waals surface area (Å²) < 4.78 is 28.1. The Hall–Kier alpha value is -4.07. The van der Waals surface area contributed by atoms with Crippen molar-refractivity contribution in [3.8, 4) is 45.3 Å². The third-order valence-electron chi connectivity index (χ3n) is 6.53. The lowest BCUT2D eigenvalue weighted by molar-refractivity contribution is 0.462. The van der Waals surface area contributed by atoms with Gasteiger partial charge in [0.15, 0.2) is 7.14 Å². The molecule has 7 rings (SSSR count). The molecule has 0 N–H and O–H groups in total. The Morgan fingerprint density at radius 3 is 1.94 bits per heavy atom. The van der Waals surface area contributed by atoms with Crippen LogP contribution in [0.1, 0.15) is 0 Å². The SMILES string of the molecule is O=P12c3cc(-c4ccccc4)ccc3Oc3cccc(c31)Oc1c(-c3ccccc3)cccc12. The van der Waals surface area contributed by atoms with Crippen molar-refractivity contribution in [2.75, 3.05) is 0 Å². The molecule has 34 heavy (non-hydrogen) atoms. The van der Waals surface area contributed by atoms with Crippen LogP contribution in [0.3, 0.4) is 0 Å². The monoisotopic (exact) mass is 458 g/mol. The van der Waals surface area contributed by atoms with E-state index in [-0.39, 0.29) is 0 Å².